The molecular weight excluding hydrogens is 322 g/mol. The van der Waals surface area contributed by atoms with E-state index in [1.165, 1.54) is 4.57 Å². The van der Waals surface area contributed by atoms with Crippen LogP contribution in [0.4, 0.5) is 0 Å². The summed E-state index contributed by atoms with van der Waals surface area (Å²) in [6.45, 7) is 7.57. The van der Waals surface area contributed by atoms with E-state index in [9.17, 15) is 9.59 Å². The minimum atomic E-state index is -0.485. The van der Waals surface area contributed by atoms with Gasteiger partial charge in [-0.15, -0.1) is 0 Å². The number of carbonyl (C=O) groups excluding carboxylic acids is 1. The van der Waals surface area contributed by atoms with Crippen molar-refractivity contribution < 1.29 is 13.9 Å². The molecule has 2 heterocycles. The summed E-state index contributed by atoms with van der Waals surface area (Å²) in [7, 11) is 0. The van der Waals surface area contributed by atoms with E-state index in [2.05, 4.69) is 11.8 Å². The summed E-state index contributed by atoms with van der Waals surface area (Å²) >= 11 is 0. The van der Waals surface area contributed by atoms with Crippen molar-refractivity contribution in [3.63, 3.8) is 0 Å². The second-order valence-corrected chi connectivity index (χ2v) is 6.26. The summed E-state index contributed by atoms with van der Waals surface area (Å²) in [6, 6.07) is 7.16. The average molecular weight is 347 g/mol. The number of amides is 1. The maximum absolute atomic E-state index is 12.5. The van der Waals surface area contributed by atoms with Gasteiger partial charge in [0.1, 0.15) is 6.54 Å². The van der Waals surface area contributed by atoms with Crippen LogP contribution >= 0.6 is 0 Å². The maximum atomic E-state index is 12.5. The largest absolute Gasteiger partial charge is 0.420 e. The Morgan fingerprint density at radius 2 is 1.92 bits per heavy atom. The highest BCUT2D eigenvalue weighted by molar-refractivity contribution is 5.79. The van der Waals surface area contributed by atoms with Gasteiger partial charge < -0.3 is 14.1 Å². The Hall–Kier alpha value is -2.12. The molecule has 7 nitrogen and oxygen atoms in total. The third kappa shape index (κ3) is 4.29. The lowest BCUT2D eigenvalue weighted by atomic mass is 10.3. The number of rotatable bonds is 7. The topological polar surface area (TPSA) is 67.9 Å². The van der Waals surface area contributed by atoms with Gasteiger partial charge >= 0.3 is 5.76 Å². The van der Waals surface area contributed by atoms with Crippen molar-refractivity contribution in [1.82, 2.24) is 14.4 Å². The lowest BCUT2D eigenvalue weighted by molar-refractivity contribution is -0.133. The highest BCUT2D eigenvalue weighted by Gasteiger charge is 2.22. The zero-order valence-electron chi connectivity index (χ0n) is 14.6. The van der Waals surface area contributed by atoms with E-state index in [0.29, 0.717) is 24.2 Å². The van der Waals surface area contributed by atoms with E-state index in [0.717, 1.165) is 39.3 Å². The van der Waals surface area contributed by atoms with Gasteiger partial charge in [0.15, 0.2) is 5.58 Å². The Morgan fingerprint density at radius 1 is 1.16 bits per heavy atom. The monoisotopic (exact) mass is 347 g/mol. The molecule has 7 heteroatoms. The molecule has 0 atom stereocenters. The molecule has 1 aliphatic heterocycles. The number of ether oxygens (including phenoxy) is 1. The van der Waals surface area contributed by atoms with Gasteiger partial charge in [-0.1, -0.05) is 19.1 Å². The van der Waals surface area contributed by atoms with Gasteiger partial charge in [0, 0.05) is 39.3 Å². The highest BCUT2D eigenvalue weighted by Crippen LogP contribution is 2.12. The molecule has 1 aromatic carbocycles. The number of benzene rings is 1. The van der Waals surface area contributed by atoms with Gasteiger partial charge in [-0.2, -0.15) is 0 Å². The summed E-state index contributed by atoms with van der Waals surface area (Å²) < 4.78 is 12.1. The lowest BCUT2D eigenvalue weighted by Gasteiger charge is -2.34. The third-order valence-electron chi connectivity index (χ3n) is 4.49. The van der Waals surface area contributed by atoms with Gasteiger partial charge in [0.05, 0.1) is 12.1 Å². The van der Waals surface area contributed by atoms with Crippen LogP contribution in [0.15, 0.2) is 33.5 Å². The first-order chi connectivity index (χ1) is 12.2. The van der Waals surface area contributed by atoms with Crippen LogP contribution in [0.1, 0.15) is 13.3 Å². The van der Waals surface area contributed by atoms with E-state index in [1.807, 2.05) is 11.0 Å². The first-order valence-electron chi connectivity index (χ1n) is 8.85. The molecular formula is C18H25N3O4. The molecule has 1 fully saturated rings. The molecule has 25 heavy (non-hydrogen) atoms. The Kier molecular flexibility index (Phi) is 5.88. The van der Waals surface area contributed by atoms with Crippen molar-refractivity contribution in [2.75, 3.05) is 45.9 Å². The number of hydrogen-bond donors (Lipinski definition) is 0. The Labute approximate surface area is 146 Å². The molecule has 1 aromatic heterocycles. The molecule has 136 valence electrons. The molecule has 1 aliphatic rings. The second kappa shape index (κ2) is 8.31. The molecule has 0 unspecified atom stereocenters. The standard InChI is InChI=1S/C18H25N3O4/c1-2-12-24-13-11-19-7-9-20(10-8-19)17(22)14-21-15-5-3-4-6-16(15)25-18(21)23/h3-6H,2,7-14H2,1H3. The fourth-order valence-electron chi connectivity index (χ4n) is 3.06. The van der Waals surface area contributed by atoms with Crippen LogP contribution in [0.25, 0.3) is 11.1 Å². The zero-order valence-corrected chi connectivity index (χ0v) is 14.6. The molecule has 0 radical (unpaired) electrons. The molecule has 1 amide bonds. The fraction of sp³-hybridized carbons (Fsp3) is 0.556. The first kappa shape index (κ1) is 17.7. The van der Waals surface area contributed by atoms with E-state index in [4.69, 9.17) is 9.15 Å². The van der Waals surface area contributed by atoms with E-state index in [-0.39, 0.29) is 12.5 Å². The average Bonchev–Trinajstić information content (AvgIpc) is 2.95. The number of carbonyl (C=O) groups is 1. The van der Waals surface area contributed by atoms with Gasteiger partial charge in [-0.25, -0.2) is 4.79 Å². The van der Waals surface area contributed by atoms with Crippen LogP contribution in [0.5, 0.6) is 0 Å². The maximum Gasteiger partial charge on any atom is 0.420 e. The van der Waals surface area contributed by atoms with Gasteiger partial charge in [-0.05, 0) is 18.6 Å². The molecule has 2 aromatic rings. The summed E-state index contributed by atoms with van der Waals surface area (Å²) in [6.07, 6.45) is 1.03. The Morgan fingerprint density at radius 3 is 2.68 bits per heavy atom. The SMILES string of the molecule is CCCOCCN1CCN(C(=O)Cn2c(=O)oc3ccccc32)CC1. The van der Waals surface area contributed by atoms with Crippen LogP contribution in [-0.2, 0) is 16.1 Å². The van der Waals surface area contributed by atoms with Gasteiger partial charge in [0.25, 0.3) is 0 Å². The molecule has 0 spiro atoms. The minimum Gasteiger partial charge on any atom is -0.408 e. The first-order valence-corrected chi connectivity index (χ1v) is 8.85. The molecule has 0 bridgehead atoms. The quantitative estimate of drug-likeness (QED) is 0.703. The van der Waals surface area contributed by atoms with Crippen LogP contribution in [0, 0.1) is 0 Å². The van der Waals surface area contributed by atoms with Crippen molar-refractivity contribution in [3.8, 4) is 0 Å². The number of nitrogens with zero attached hydrogens (tertiary/aromatic N) is 3. The zero-order chi connectivity index (χ0) is 17.6. The number of aromatic nitrogens is 1. The predicted molar refractivity (Wildman–Crippen MR) is 94.6 cm³/mol. The molecule has 0 saturated carbocycles. The van der Waals surface area contributed by atoms with Crippen LogP contribution < -0.4 is 5.76 Å². The van der Waals surface area contributed by atoms with Crippen molar-refractivity contribution in [2.24, 2.45) is 0 Å². The molecule has 3 rings (SSSR count). The lowest BCUT2D eigenvalue weighted by Crippen LogP contribution is -2.50. The number of para-hydroxylation sites is 2. The summed E-state index contributed by atoms with van der Waals surface area (Å²) in [4.78, 5) is 28.7. The van der Waals surface area contributed by atoms with E-state index >= 15 is 0 Å². The number of piperazine rings is 1. The Balaban J connectivity index is 1.53. The number of hydrogen-bond acceptors (Lipinski definition) is 5. The predicted octanol–water partition coefficient (Wildman–Crippen LogP) is 1.17. The van der Waals surface area contributed by atoms with Crippen molar-refractivity contribution in [3.05, 3.63) is 34.8 Å². The molecule has 0 aliphatic carbocycles. The van der Waals surface area contributed by atoms with Crippen LogP contribution in [0.2, 0.25) is 0 Å². The normalized spacial score (nSPS) is 15.8. The molecule has 1 saturated heterocycles. The van der Waals surface area contributed by atoms with Crippen molar-refractivity contribution >= 4 is 17.0 Å². The third-order valence-corrected chi connectivity index (χ3v) is 4.49. The van der Waals surface area contributed by atoms with Crippen LogP contribution in [0.3, 0.4) is 0 Å². The smallest absolute Gasteiger partial charge is 0.408 e. The van der Waals surface area contributed by atoms with Gasteiger partial charge in [0.2, 0.25) is 5.91 Å². The van der Waals surface area contributed by atoms with Crippen LogP contribution in [-0.4, -0.2) is 66.2 Å². The van der Waals surface area contributed by atoms with Crippen molar-refractivity contribution in [1.29, 1.82) is 0 Å². The number of fused-ring (bicyclic) bond motifs is 1. The van der Waals surface area contributed by atoms with Crippen molar-refractivity contribution in [2.45, 2.75) is 19.9 Å². The summed E-state index contributed by atoms with van der Waals surface area (Å²) in [5.41, 5.74) is 1.17. The van der Waals surface area contributed by atoms with E-state index in [1.54, 1.807) is 18.2 Å². The summed E-state index contributed by atoms with van der Waals surface area (Å²) in [5.74, 6) is -0.531. The molecule has 0 N–H and O–H groups in total. The minimum absolute atomic E-state index is 0.0233. The highest BCUT2D eigenvalue weighted by atomic mass is 16.5. The van der Waals surface area contributed by atoms with E-state index < -0.39 is 5.76 Å². The Bertz CT molecular complexity index is 759. The summed E-state index contributed by atoms with van der Waals surface area (Å²) in [5, 5.41) is 0. The van der Waals surface area contributed by atoms with Gasteiger partial charge in [-0.3, -0.25) is 14.3 Å². The second-order valence-electron chi connectivity index (χ2n) is 6.26. The fourth-order valence-corrected chi connectivity index (χ4v) is 3.06. The number of oxazole rings is 1.